The van der Waals surface area contributed by atoms with Gasteiger partial charge >= 0.3 is 13.9 Å². The van der Waals surface area contributed by atoms with Crippen molar-refractivity contribution < 1.29 is 22.8 Å². The molecular weight excluding hydrogens is 264 g/mol. The number of hydrogen-bond acceptors (Lipinski definition) is 2. The van der Waals surface area contributed by atoms with Crippen LogP contribution in [0.3, 0.4) is 0 Å². The molecule has 1 N–H and O–H groups in total. The molecule has 0 heterocycles. The highest BCUT2D eigenvalue weighted by Crippen LogP contribution is 2.34. The first-order valence-corrected chi connectivity index (χ1v) is 4.35. The Bertz CT molecular complexity index is 329. The van der Waals surface area contributed by atoms with E-state index in [1.54, 1.807) is 0 Å². The summed E-state index contributed by atoms with van der Waals surface area (Å²) in [4.78, 5) is 0. The topological polar surface area (TPSA) is 29.5 Å². The summed E-state index contributed by atoms with van der Waals surface area (Å²) >= 11 is 2.90. The molecular formula is C7H5BBrF3O2. The van der Waals surface area contributed by atoms with E-state index in [-0.39, 0.29) is 10.2 Å². The van der Waals surface area contributed by atoms with Crippen molar-refractivity contribution >= 4 is 23.6 Å². The summed E-state index contributed by atoms with van der Waals surface area (Å²) in [5.74, 6) is 0.167. The Balaban J connectivity index is 3.01. The molecule has 0 saturated carbocycles. The summed E-state index contributed by atoms with van der Waals surface area (Å²) < 4.78 is 41.3. The molecule has 0 spiro atoms. The Morgan fingerprint density at radius 3 is 2.43 bits per heavy atom. The third-order valence-electron chi connectivity index (χ3n) is 1.48. The minimum Gasteiger partial charge on any atom is -0.538 e. The molecule has 0 radical (unpaired) electrons. The first-order valence-electron chi connectivity index (χ1n) is 3.55. The van der Waals surface area contributed by atoms with Crippen LogP contribution in [0.1, 0.15) is 5.56 Å². The van der Waals surface area contributed by atoms with E-state index >= 15 is 0 Å². The van der Waals surface area contributed by atoms with E-state index in [2.05, 4.69) is 20.6 Å². The summed E-state index contributed by atoms with van der Waals surface area (Å²) in [6.07, 6.45) is -4.37. The molecule has 2 nitrogen and oxygen atoms in total. The van der Waals surface area contributed by atoms with E-state index in [1.807, 2.05) is 0 Å². The molecule has 0 aliphatic heterocycles. The van der Waals surface area contributed by atoms with Gasteiger partial charge in [0.05, 0.1) is 10.0 Å². The van der Waals surface area contributed by atoms with Gasteiger partial charge in [-0.25, -0.2) is 0 Å². The minimum atomic E-state index is -4.37. The van der Waals surface area contributed by atoms with Crippen molar-refractivity contribution in [2.24, 2.45) is 0 Å². The second-order valence-corrected chi connectivity index (χ2v) is 3.27. The molecule has 0 atom stereocenters. The van der Waals surface area contributed by atoms with Crippen LogP contribution in [0.4, 0.5) is 13.2 Å². The number of rotatable bonds is 2. The predicted octanol–water partition coefficient (Wildman–Crippen LogP) is 2.11. The molecule has 0 aliphatic rings. The molecule has 0 fully saturated rings. The van der Waals surface area contributed by atoms with Crippen LogP contribution in [-0.4, -0.2) is 12.7 Å². The molecule has 14 heavy (non-hydrogen) atoms. The molecule has 76 valence electrons. The zero-order valence-electron chi connectivity index (χ0n) is 6.81. The summed E-state index contributed by atoms with van der Waals surface area (Å²) in [5, 5.41) is 8.41. The fourth-order valence-corrected chi connectivity index (χ4v) is 1.36. The highest BCUT2D eigenvalue weighted by atomic mass is 79.9. The van der Waals surface area contributed by atoms with Crippen molar-refractivity contribution in [3.05, 3.63) is 28.2 Å². The standard InChI is InChI=1S/C7H5BBrF3O2/c9-5-3-4(7(10,11)12)1-2-6(5)14-8-13/h1-3,8,13H. The van der Waals surface area contributed by atoms with Crippen molar-refractivity contribution in [1.29, 1.82) is 0 Å². The van der Waals surface area contributed by atoms with E-state index in [1.165, 1.54) is 0 Å². The fourth-order valence-electron chi connectivity index (χ4n) is 0.864. The van der Waals surface area contributed by atoms with Crippen molar-refractivity contribution in [1.82, 2.24) is 0 Å². The lowest BCUT2D eigenvalue weighted by Crippen LogP contribution is -2.06. The average Bonchev–Trinajstić information content (AvgIpc) is 2.07. The average molecular weight is 269 g/mol. The predicted molar refractivity (Wildman–Crippen MR) is 49.1 cm³/mol. The van der Waals surface area contributed by atoms with Crippen LogP contribution >= 0.6 is 15.9 Å². The molecule has 0 saturated heterocycles. The van der Waals surface area contributed by atoms with Crippen LogP contribution in [-0.2, 0) is 6.18 Å². The molecule has 0 bridgehead atoms. The largest absolute Gasteiger partial charge is 0.538 e. The fraction of sp³-hybridized carbons (Fsp3) is 0.143. The van der Waals surface area contributed by atoms with E-state index in [0.29, 0.717) is 0 Å². The Hall–Kier alpha value is -0.685. The summed E-state index contributed by atoms with van der Waals surface area (Å²) in [6.45, 7) is 0. The van der Waals surface area contributed by atoms with Gasteiger partial charge in [-0.1, -0.05) is 0 Å². The highest BCUT2D eigenvalue weighted by molar-refractivity contribution is 9.10. The quantitative estimate of drug-likeness (QED) is 0.833. The van der Waals surface area contributed by atoms with Gasteiger partial charge in [-0.15, -0.1) is 0 Å². The molecule has 1 aromatic carbocycles. The molecule has 0 aromatic heterocycles. The Morgan fingerprint density at radius 2 is 2.00 bits per heavy atom. The van der Waals surface area contributed by atoms with Crippen molar-refractivity contribution in [3.63, 3.8) is 0 Å². The Labute approximate surface area is 87.1 Å². The smallest absolute Gasteiger partial charge is 0.504 e. The van der Waals surface area contributed by atoms with Crippen LogP contribution < -0.4 is 4.65 Å². The number of alkyl halides is 3. The summed E-state index contributed by atoms with van der Waals surface area (Å²) in [5.41, 5.74) is -0.769. The maximum absolute atomic E-state index is 12.2. The van der Waals surface area contributed by atoms with Crippen LogP contribution in [0.5, 0.6) is 5.75 Å². The minimum absolute atomic E-state index is 0.154. The lowest BCUT2D eigenvalue weighted by molar-refractivity contribution is -0.137. The third kappa shape index (κ3) is 2.65. The van der Waals surface area contributed by atoms with E-state index in [4.69, 9.17) is 5.02 Å². The van der Waals surface area contributed by atoms with Gasteiger partial charge in [-0.3, -0.25) is 0 Å². The van der Waals surface area contributed by atoms with Gasteiger partial charge in [0.1, 0.15) is 5.75 Å². The maximum atomic E-state index is 12.2. The van der Waals surface area contributed by atoms with Crippen LogP contribution in [0, 0.1) is 0 Å². The van der Waals surface area contributed by atoms with E-state index in [0.717, 1.165) is 18.2 Å². The number of halogens is 4. The Kier molecular flexibility index (Phi) is 3.44. The molecule has 0 aliphatic carbocycles. The molecule has 1 aromatic rings. The lowest BCUT2D eigenvalue weighted by atomic mass is 10.2. The van der Waals surface area contributed by atoms with Gasteiger partial charge in [0.2, 0.25) is 0 Å². The highest BCUT2D eigenvalue weighted by Gasteiger charge is 2.30. The van der Waals surface area contributed by atoms with Crippen LogP contribution in [0.2, 0.25) is 0 Å². The van der Waals surface area contributed by atoms with Crippen molar-refractivity contribution in [2.45, 2.75) is 6.18 Å². The zero-order chi connectivity index (χ0) is 10.8. The second kappa shape index (κ2) is 4.23. The normalized spacial score (nSPS) is 11.2. The number of benzene rings is 1. The molecule has 7 heteroatoms. The number of hydrogen-bond donors (Lipinski definition) is 1. The van der Waals surface area contributed by atoms with Gasteiger partial charge in [-0.05, 0) is 34.1 Å². The van der Waals surface area contributed by atoms with Gasteiger partial charge in [0.25, 0.3) is 0 Å². The molecule has 0 amide bonds. The van der Waals surface area contributed by atoms with E-state index < -0.39 is 19.4 Å². The maximum Gasteiger partial charge on any atom is 0.504 e. The first kappa shape index (κ1) is 11.4. The van der Waals surface area contributed by atoms with Gasteiger partial charge in [0, 0.05) is 0 Å². The van der Waals surface area contributed by atoms with Crippen molar-refractivity contribution in [2.75, 3.05) is 0 Å². The third-order valence-corrected chi connectivity index (χ3v) is 2.10. The summed E-state index contributed by atoms with van der Waals surface area (Å²) in [6, 6.07) is 2.92. The van der Waals surface area contributed by atoms with E-state index in [9.17, 15) is 13.2 Å². The van der Waals surface area contributed by atoms with Crippen LogP contribution in [0.25, 0.3) is 0 Å². The van der Waals surface area contributed by atoms with Crippen LogP contribution in [0.15, 0.2) is 22.7 Å². The zero-order valence-corrected chi connectivity index (χ0v) is 8.39. The lowest BCUT2D eigenvalue weighted by Gasteiger charge is -2.09. The SMILES string of the molecule is OBOc1ccc(C(F)(F)F)cc1Br. The Morgan fingerprint density at radius 1 is 1.36 bits per heavy atom. The van der Waals surface area contributed by atoms with Crippen molar-refractivity contribution in [3.8, 4) is 5.75 Å². The molecule has 1 rings (SSSR count). The monoisotopic (exact) mass is 268 g/mol. The van der Waals surface area contributed by atoms with Gasteiger partial charge < -0.3 is 9.68 Å². The second-order valence-electron chi connectivity index (χ2n) is 2.42. The first-order chi connectivity index (χ1) is 6.45. The summed E-state index contributed by atoms with van der Waals surface area (Å²) in [7, 11) is -0.579. The van der Waals surface area contributed by atoms with Gasteiger partial charge in [0.15, 0.2) is 0 Å². The molecule has 0 unspecified atom stereocenters. The van der Waals surface area contributed by atoms with Gasteiger partial charge in [-0.2, -0.15) is 13.2 Å².